The predicted octanol–water partition coefficient (Wildman–Crippen LogP) is 3.83. The lowest BCUT2D eigenvalue weighted by Gasteiger charge is -2.29. The van der Waals surface area contributed by atoms with E-state index in [-0.39, 0.29) is 23.7 Å². The summed E-state index contributed by atoms with van der Waals surface area (Å²) in [5, 5.41) is 9.46. The Morgan fingerprint density at radius 1 is 1.24 bits per heavy atom. The van der Waals surface area contributed by atoms with Crippen molar-refractivity contribution in [2.45, 2.75) is 38.9 Å². The Balaban J connectivity index is 1.79. The van der Waals surface area contributed by atoms with Crippen LogP contribution in [0.4, 0.5) is 30.8 Å². The third kappa shape index (κ3) is 5.93. The smallest absolute Gasteiger partial charge is 0.416 e. The number of hydrogen-bond donors (Lipinski definition) is 3. The van der Waals surface area contributed by atoms with Crippen molar-refractivity contribution in [2.75, 3.05) is 30.3 Å². The summed E-state index contributed by atoms with van der Waals surface area (Å²) < 4.78 is 44.2. The average molecular weight is 410 g/mol. The predicted molar refractivity (Wildman–Crippen MR) is 104 cm³/mol. The van der Waals surface area contributed by atoms with Crippen LogP contribution < -0.4 is 20.7 Å². The minimum atomic E-state index is -4.43. The highest BCUT2D eigenvalue weighted by Crippen LogP contribution is 2.31. The fourth-order valence-corrected chi connectivity index (χ4v) is 3.20. The van der Waals surface area contributed by atoms with Gasteiger partial charge in [-0.25, -0.2) is 0 Å². The number of piperidine rings is 1. The molecule has 1 fully saturated rings. The van der Waals surface area contributed by atoms with E-state index in [0.29, 0.717) is 18.5 Å². The zero-order chi connectivity index (χ0) is 20.9. The minimum absolute atomic E-state index is 0.105. The molecule has 2 unspecified atom stereocenters. The molecule has 0 amide bonds. The molecule has 1 aromatic heterocycles. The monoisotopic (exact) mass is 410 g/mol. The Hall–Kier alpha value is -2.62. The Morgan fingerprint density at radius 3 is 2.72 bits per heavy atom. The van der Waals surface area contributed by atoms with Gasteiger partial charge < -0.3 is 20.7 Å². The fraction of sp³-hybridized carbons (Fsp3) is 0.526. The SMILES string of the molecule is CCOc1nc(Nc2cccc(C(F)(F)F)c2)nc(NC(C)C2CCCNC2)n1. The van der Waals surface area contributed by atoms with E-state index in [0.717, 1.165) is 38.1 Å². The van der Waals surface area contributed by atoms with Crippen LogP contribution in [0.2, 0.25) is 0 Å². The molecule has 29 heavy (non-hydrogen) atoms. The number of rotatable bonds is 7. The van der Waals surface area contributed by atoms with Gasteiger partial charge in [0.2, 0.25) is 11.9 Å². The van der Waals surface area contributed by atoms with Crippen molar-refractivity contribution in [1.29, 1.82) is 0 Å². The van der Waals surface area contributed by atoms with Crippen LogP contribution in [0, 0.1) is 5.92 Å². The van der Waals surface area contributed by atoms with Gasteiger partial charge in [-0.05, 0) is 63.9 Å². The van der Waals surface area contributed by atoms with Crippen LogP contribution in [0.1, 0.15) is 32.3 Å². The Labute approximate surface area is 167 Å². The van der Waals surface area contributed by atoms with Gasteiger partial charge in [0.1, 0.15) is 0 Å². The van der Waals surface area contributed by atoms with Gasteiger partial charge in [0.25, 0.3) is 0 Å². The first-order valence-corrected chi connectivity index (χ1v) is 9.65. The van der Waals surface area contributed by atoms with E-state index in [1.54, 1.807) is 6.92 Å². The van der Waals surface area contributed by atoms with Crippen molar-refractivity contribution in [3.05, 3.63) is 29.8 Å². The molecule has 1 aliphatic rings. The van der Waals surface area contributed by atoms with Crippen molar-refractivity contribution in [2.24, 2.45) is 5.92 Å². The molecular weight excluding hydrogens is 385 g/mol. The number of nitrogens with zero attached hydrogens (tertiary/aromatic N) is 3. The van der Waals surface area contributed by atoms with Crippen LogP contribution in [-0.2, 0) is 6.18 Å². The van der Waals surface area contributed by atoms with E-state index >= 15 is 0 Å². The number of aromatic nitrogens is 3. The quantitative estimate of drug-likeness (QED) is 0.640. The van der Waals surface area contributed by atoms with Crippen LogP contribution in [0.15, 0.2) is 24.3 Å². The molecule has 2 aromatic rings. The normalized spacial score (nSPS) is 18.2. The molecule has 0 saturated carbocycles. The Kier molecular flexibility index (Phi) is 6.73. The molecule has 10 heteroatoms. The zero-order valence-corrected chi connectivity index (χ0v) is 16.4. The average Bonchev–Trinajstić information content (AvgIpc) is 2.68. The third-order valence-electron chi connectivity index (χ3n) is 4.73. The van der Waals surface area contributed by atoms with Gasteiger partial charge in [0, 0.05) is 11.7 Å². The summed E-state index contributed by atoms with van der Waals surface area (Å²) in [7, 11) is 0. The summed E-state index contributed by atoms with van der Waals surface area (Å²) in [6, 6.07) is 5.08. The second kappa shape index (κ2) is 9.25. The highest BCUT2D eigenvalue weighted by molar-refractivity contribution is 5.56. The van der Waals surface area contributed by atoms with Crippen LogP contribution in [0.5, 0.6) is 6.01 Å². The van der Waals surface area contributed by atoms with Crippen LogP contribution >= 0.6 is 0 Å². The van der Waals surface area contributed by atoms with Gasteiger partial charge in [-0.2, -0.15) is 28.1 Å². The summed E-state index contributed by atoms with van der Waals surface area (Å²) in [5.74, 6) is 0.853. The maximum Gasteiger partial charge on any atom is 0.416 e. The molecule has 0 bridgehead atoms. The maximum atomic E-state index is 13.0. The van der Waals surface area contributed by atoms with Crippen molar-refractivity contribution in [3.63, 3.8) is 0 Å². The van der Waals surface area contributed by atoms with Crippen molar-refractivity contribution in [1.82, 2.24) is 20.3 Å². The highest BCUT2D eigenvalue weighted by Gasteiger charge is 2.30. The molecule has 7 nitrogen and oxygen atoms in total. The first-order chi connectivity index (χ1) is 13.8. The topological polar surface area (TPSA) is 84.0 Å². The molecule has 0 aliphatic carbocycles. The molecule has 158 valence electrons. The largest absolute Gasteiger partial charge is 0.464 e. The van der Waals surface area contributed by atoms with E-state index in [2.05, 4.69) is 37.8 Å². The van der Waals surface area contributed by atoms with E-state index in [1.165, 1.54) is 12.1 Å². The van der Waals surface area contributed by atoms with Gasteiger partial charge in [-0.15, -0.1) is 0 Å². The summed E-state index contributed by atoms with van der Waals surface area (Å²) in [6.07, 6.45) is -2.22. The maximum absolute atomic E-state index is 13.0. The Bertz CT molecular complexity index is 811. The number of halogens is 3. The molecule has 3 N–H and O–H groups in total. The molecule has 1 aromatic carbocycles. The summed E-state index contributed by atoms with van der Waals surface area (Å²) >= 11 is 0. The number of alkyl halides is 3. The van der Waals surface area contributed by atoms with E-state index in [4.69, 9.17) is 4.74 Å². The van der Waals surface area contributed by atoms with E-state index < -0.39 is 11.7 Å². The van der Waals surface area contributed by atoms with E-state index in [1.807, 2.05) is 0 Å². The molecular formula is C19H25F3N6O. The Morgan fingerprint density at radius 2 is 2.03 bits per heavy atom. The lowest BCUT2D eigenvalue weighted by molar-refractivity contribution is -0.137. The van der Waals surface area contributed by atoms with Crippen LogP contribution in [0.25, 0.3) is 0 Å². The van der Waals surface area contributed by atoms with Gasteiger partial charge in [0.05, 0.1) is 12.2 Å². The third-order valence-corrected chi connectivity index (χ3v) is 4.73. The molecule has 2 heterocycles. The number of nitrogens with one attached hydrogen (secondary N) is 3. The molecule has 1 aliphatic heterocycles. The van der Waals surface area contributed by atoms with Gasteiger partial charge in [-0.1, -0.05) is 6.07 Å². The van der Waals surface area contributed by atoms with Crippen LogP contribution in [-0.4, -0.2) is 40.7 Å². The molecule has 0 spiro atoms. The minimum Gasteiger partial charge on any atom is -0.464 e. The standard InChI is InChI=1S/C19H25F3N6O/c1-3-29-18-27-16(24-12(2)13-6-5-9-23-11-13)26-17(28-18)25-15-8-4-7-14(10-15)19(20,21)22/h4,7-8,10,12-13,23H,3,5-6,9,11H2,1-2H3,(H2,24,25,26,27,28). The fourth-order valence-electron chi connectivity index (χ4n) is 3.20. The lowest BCUT2D eigenvalue weighted by Crippen LogP contribution is -2.39. The number of ether oxygens (including phenoxy) is 1. The summed E-state index contributed by atoms with van der Waals surface area (Å²) in [6.45, 7) is 6.14. The summed E-state index contributed by atoms with van der Waals surface area (Å²) in [5.41, 5.74) is -0.526. The zero-order valence-electron chi connectivity index (χ0n) is 16.4. The second-order valence-corrected chi connectivity index (χ2v) is 6.94. The first-order valence-electron chi connectivity index (χ1n) is 9.65. The second-order valence-electron chi connectivity index (χ2n) is 6.94. The molecule has 1 saturated heterocycles. The van der Waals surface area contributed by atoms with Gasteiger partial charge in [0.15, 0.2) is 0 Å². The van der Waals surface area contributed by atoms with Crippen molar-refractivity contribution < 1.29 is 17.9 Å². The van der Waals surface area contributed by atoms with E-state index in [9.17, 15) is 13.2 Å². The molecule has 2 atom stereocenters. The summed E-state index contributed by atoms with van der Waals surface area (Å²) in [4.78, 5) is 12.7. The molecule has 3 rings (SSSR count). The first kappa shape index (κ1) is 21.1. The molecule has 0 radical (unpaired) electrons. The van der Waals surface area contributed by atoms with Crippen LogP contribution in [0.3, 0.4) is 0 Å². The van der Waals surface area contributed by atoms with Crippen molar-refractivity contribution >= 4 is 17.6 Å². The van der Waals surface area contributed by atoms with Crippen molar-refractivity contribution in [3.8, 4) is 6.01 Å². The highest BCUT2D eigenvalue weighted by atomic mass is 19.4. The lowest BCUT2D eigenvalue weighted by atomic mass is 9.93. The van der Waals surface area contributed by atoms with Gasteiger partial charge >= 0.3 is 12.2 Å². The number of hydrogen-bond acceptors (Lipinski definition) is 7. The van der Waals surface area contributed by atoms with Gasteiger partial charge in [-0.3, -0.25) is 0 Å². The number of anilines is 3. The number of benzene rings is 1.